The van der Waals surface area contributed by atoms with Crippen LogP contribution in [0.2, 0.25) is 0 Å². The lowest BCUT2D eigenvalue weighted by Gasteiger charge is -2.24. The topological polar surface area (TPSA) is 37.8 Å². The van der Waals surface area contributed by atoms with Gasteiger partial charge in [0.1, 0.15) is 0 Å². The van der Waals surface area contributed by atoms with Crippen molar-refractivity contribution in [3.05, 3.63) is 52.3 Å². The van der Waals surface area contributed by atoms with Gasteiger partial charge in [-0.15, -0.1) is 16.4 Å². The molecule has 1 N–H and O–H groups in total. The lowest BCUT2D eigenvalue weighted by Crippen LogP contribution is -2.27. The molecule has 108 valence electrons. The summed E-state index contributed by atoms with van der Waals surface area (Å²) in [6.45, 7) is 7.31. The zero-order valence-electron chi connectivity index (χ0n) is 12.6. The van der Waals surface area contributed by atoms with E-state index in [1.807, 2.05) is 19.1 Å². The second-order valence-electron chi connectivity index (χ2n) is 5.89. The van der Waals surface area contributed by atoms with Crippen LogP contribution in [0.15, 0.2) is 41.8 Å². The quantitative estimate of drug-likeness (QED) is 0.776. The number of fused-ring (bicyclic) bond motifs is 1. The van der Waals surface area contributed by atoms with Crippen molar-refractivity contribution in [2.24, 2.45) is 0 Å². The number of hydrogen-bond acceptors (Lipinski definition) is 4. The molecule has 0 saturated heterocycles. The predicted octanol–water partition coefficient (Wildman–Crippen LogP) is 4.39. The number of anilines is 1. The predicted molar refractivity (Wildman–Crippen MR) is 90.1 cm³/mol. The highest BCUT2D eigenvalue weighted by atomic mass is 32.1. The van der Waals surface area contributed by atoms with Gasteiger partial charge in [-0.1, -0.05) is 44.2 Å². The summed E-state index contributed by atoms with van der Waals surface area (Å²) >= 11 is 1.80. The Kier molecular flexibility index (Phi) is 3.64. The Morgan fingerprint density at radius 3 is 2.52 bits per heavy atom. The Bertz CT molecular complexity index is 748. The first-order valence-corrected chi connectivity index (χ1v) is 7.96. The number of nitrogens with one attached hydrogen (secondary N) is 1. The van der Waals surface area contributed by atoms with Crippen LogP contribution in [0.4, 0.5) is 5.82 Å². The van der Waals surface area contributed by atoms with E-state index in [2.05, 4.69) is 59.0 Å². The lowest BCUT2D eigenvalue weighted by molar-refractivity contribution is 0.568. The summed E-state index contributed by atoms with van der Waals surface area (Å²) in [5.41, 5.74) is 1.04. The van der Waals surface area contributed by atoms with Gasteiger partial charge in [-0.2, -0.15) is 5.10 Å². The third-order valence-electron chi connectivity index (χ3n) is 3.76. The first-order valence-electron chi connectivity index (χ1n) is 7.08. The summed E-state index contributed by atoms with van der Waals surface area (Å²) < 4.78 is 0. The Morgan fingerprint density at radius 1 is 1.05 bits per heavy atom. The molecule has 0 radical (unpaired) electrons. The Hall–Kier alpha value is -1.94. The van der Waals surface area contributed by atoms with Crippen LogP contribution in [-0.2, 0) is 5.41 Å². The number of benzene rings is 1. The normalized spacial score (nSPS) is 11.8. The van der Waals surface area contributed by atoms with Crippen molar-refractivity contribution in [2.45, 2.75) is 26.2 Å². The van der Waals surface area contributed by atoms with Gasteiger partial charge < -0.3 is 5.32 Å². The van der Waals surface area contributed by atoms with Crippen molar-refractivity contribution < 1.29 is 0 Å². The maximum atomic E-state index is 4.33. The zero-order valence-corrected chi connectivity index (χ0v) is 13.4. The lowest BCUT2D eigenvalue weighted by atomic mass is 9.91. The molecule has 0 bridgehead atoms. The highest BCUT2D eigenvalue weighted by Gasteiger charge is 2.22. The van der Waals surface area contributed by atoms with Gasteiger partial charge in [0.05, 0.1) is 5.69 Å². The van der Waals surface area contributed by atoms with Gasteiger partial charge >= 0.3 is 0 Å². The van der Waals surface area contributed by atoms with E-state index in [1.54, 1.807) is 11.3 Å². The molecule has 0 atom stereocenters. The van der Waals surface area contributed by atoms with Gasteiger partial charge in [0.15, 0.2) is 5.82 Å². The molecule has 0 saturated carbocycles. The van der Waals surface area contributed by atoms with Crippen molar-refractivity contribution in [2.75, 3.05) is 11.9 Å². The minimum absolute atomic E-state index is 0.0713. The molecule has 3 nitrogen and oxygen atoms in total. The number of hydrogen-bond donors (Lipinski definition) is 1. The van der Waals surface area contributed by atoms with Crippen LogP contribution in [0.25, 0.3) is 10.8 Å². The summed E-state index contributed by atoms with van der Waals surface area (Å²) in [7, 11) is 0. The van der Waals surface area contributed by atoms with Crippen LogP contribution in [0.3, 0.4) is 0 Å². The fourth-order valence-electron chi connectivity index (χ4n) is 2.42. The molecule has 0 aliphatic rings. The summed E-state index contributed by atoms with van der Waals surface area (Å²) in [5, 5.41) is 16.5. The van der Waals surface area contributed by atoms with Gasteiger partial charge in [-0.25, -0.2) is 0 Å². The van der Waals surface area contributed by atoms with Crippen LogP contribution in [-0.4, -0.2) is 16.7 Å². The van der Waals surface area contributed by atoms with Crippen molar-refractivity contribution in [1.29, 1.82) is 0 Å². The molecule has 3 rings (SSSR count). The molecular weight excluding hydrogens is 278 g/mol. The average molecular weight is 297 g/mol. The first-order chi connectivity index (χ1) is 10.1. The van der Waals surface area contributed by atoms with Gasteiger partial charge in [0.2, 0.25) is 0 Å². The summed E-state index contributed by atoms with van der Waals surface area (Å²) in [6, 6.07) is 12.6. The standard InChI is InChI=1S/C17H19N3S/c1-12-13-7-4-5-8-14(13)16(20-19-12)18-11-17(2,3)15-9-6-10-21-15/h4-10H,11H2,1-3H3,(H,18,20). The van der Waals surface area contributed by atoms with Gasteiger partial charge in [-0.05, 0) is 18.4 Å². The van der Waals surface area contributed by atoms with E-state index in [9.17, 15) is 0 Å². The first kappa shape index (κ1) is 14.0. The highest BCUT2D eigenvalue weighted by molar-refractivity contribution is 7.10. The Labute approximate surface area is 129 Å². The van der Waals surface area contributed by atoms with E-state index in [4.69, 9.17) is 0 Å². The van der Waals surface area contributed by atoms with Crippen molar-refractivity contribution in [1.82, 2.24) is 10.2 Å². The molecule has 2 aromatic heterocycles. The van der Waals surface area contributed by atoms with Gasteiger partial charge in [-0.3, -0.25) is 0 Å². The zero-order chi connectivity index (χ0) is 14.9. The van der Waals surface area contributed by atoms with Crippen molar-refractivity contribution in [3.8, 4) is 0 Å². The molecule has 0 unspecified atom stereocenters. The van der Waals surface area contributed by atoms with Gasteiger partial charge in [0, 0.05) is 27.6 Å². The minimum atomic E-state index is 0.0713. The third-order valence-corrected chi connectivity index (χ3v) is 4.99. The number of thiophene rings is 1. The molecule has 0 fully saturated rings. The Balaban J connectivity index is 1.88. The Morgan fingerprint density at radius 2 is 1.81 bits per heavy atom. The average Bonchev–Trinajstić information content (AvgIpc) is 3.02. The van der Waals surface area contributed by atoms with Crippen LogP contribution in [0, 0.1) is 6.92 Å². The van der Waals surface area contributed by atoms with Crippen LogP contribution >= 0.6 is 11.3 Å². The van der Waals surface area contributed by atoms with E-state index in [0.29, 0.717) is 0 Å². The van der Waals surface area contributed by atoms with E-state index in [1.165, 1.54) is 4.88 Å². The molecule has 1 aromatic carbocycles. The van der Waals surface area contributed by atoms with Crippen molar-refractivity contribution >= 4 is 27.9 Å². The number of nitrogens with zero attached hydrogens (tertiary/aromatic N) is 2. The monoisotopic (exact) mass is 297 g/mol. The number of aromatic nitrogens is 2. The largest absolute Gasteiger partial charge is 0.367 e. The minimum Gasteiger partial charge on any atom is -0.367 e. The molecule has 0 amide bonds. The summed E-state index contributed by atoms with van der Waals surface area (Å²) in [5.74, 6) is 0.862. The number of rotatable bonds is 4. The SMILES string of the molecule is Cc1nnc(NCC(C)(C)c2cccs2)c2ccccc12. The molecule has 2 heterocycles. The summed E-state index contributed by atoms with van der Waals surface area (Å²) in [4.78, 5) is 1.37. The van der Waals surface area contributed by atoms with E-state index in [-0.39, 0.29) is 5.41 Å². The molecule has 0 aliphatic heterocycles. The van der Waals surface area contributed by atoms with Crippen molar-refractivity contribution in [3.63, 3.8) is 0 Å². The second-order valence-corrected chi connectivity index (χ2v) is 6.84. The van der Waals surface area contributed by atoms with E-state index >= 15 is 0 Å². The maximum Gasteiger partial charge on any atom is 0.156 e. The smallest absolute Gasteiger partial charge is 0.156 e. The number of aryl methyl sites for hydroxylation is 1. The van der Waals surface area contributed by atoms with E-state index < -0.39 is 0 Å². The molecular formula is C17H19N3S. The summed E-state index contributed by atoms with van der Waals surface area (Å²) in [6.07, 6.45) is 0. The molecule has 21 heavy (non-hydrogen) atoms. The molecule has 3 aromatic rings. The van der Waals surface area contributed by atoms with Crippen LogP contribution < -0.4 is 5.32 Å². The fraction of sp³-hybridized carbons (Fsp3) is 0.294. The molecule has 0 spiro atoms. The fourth-order valence-corrected chi connectivity index (χ4v) is 3.28. The van der Waals surface area contributed by atoms with Crippen LogP contribution in [0.5, 0.6) is 0 Å². The molecule has 4 heteroatoms. The van der Waals surface area contributed by atoms with E-state index in [0.717, 1.165) is 28.8 Å². The van der Waals surface area contributed by atoms with Gasteiger partial charge in [0.25, 0.3) is 0 Å². The third kappa shape index (κ3) is 2.76. The second kappa shape index (κ2) is 5.45. The maximum absolute atomic E-state index is 4.33. The molecule has 0 aliphatic carbocycles. The van der Waals surface area contributed by atoms with Crippen LogP contribution in [0.1, 0.15) is 24.4 Å². The highest BCUT2D eigenvalue weighted by Crippen LogP contribution is 2.29.